The summed E-state index contributed by atoms with van der Waals surface area (Å²) in [5.74, 6) is -1.42. The summed E-state index contributed by atoms with van der Waals surface area (Å²) in [6.07, 6.45) is 3.73. The number of nitrogens with zero attached hydrogens (tertiary/aromatic N) is 2. The Morgan fingerprint density at radius 2 is 2.19 bits per heavy atom. The third kappa shape index (κ3) is 3.36. The molecule has 1 fully saturated rings. The number of aryl methyl sites for hydroxylation is 1. The fraction of sp³-hybridized carbons (Fsp3) is 0.357. The molecule has 0 spiro atoms. The predicted octanol–water partition coefficient (Wildman–Crippen LogP) is 2.66. The van der Waals surface area contributed by atoms with Crippen molar-refractivity contribution in [2.24, 2.45) is 0 Å². The number of carbonyl (C=O) groups excluding carboxylic acids is 1. The summed E-state index contributed by atoms with van der Waals surface area (Å²) in [6.45, 7) is 5.78. The van der Waals surface area contributed by atoms with E-state index >= 15 is 0 Å². The van der Waals surface area contributed by atoms with E-state index in [1.165, 1.54) is 0 Å². The van der Waals surface area contributed by atoms with Gasteiger partial charge in [0.15, 0.2) is 0 Å². The first-order valence-electron chi connectivity index (χ1n) is 6.45. The van der Waals surface area contributed by atoms with Crippen LogP contribution in [0.4, 0.5) is 0 Å². The van der Waals surface area contributed by atoms with Gasteiger partial charge < -0.3 is 9.67 Å². The van der Waals surface area contributed by atoms with Crippen molar-refractivity contribution < 1.29 is 14.7 Å². The van der Waals surface area contributed by atoms with Gasteiger partial charge in [-0.3, -0.25) is 14.5 Å². The molecule has 2 rings (SSSR count). The van der Waals surface area contributed by atoms with Crippen molar-refractivity contribution in [1.29, 1.82) is 0 Å². The van der Waals surface area contributed by atoms with Crippen LogP contribution < -0.4 is 0 Å². The van der Waals surface area contributed by atoms with E-state index in [9.17, 15) is 9.59 Å². The van der Waals surface area contributed by atoms with E-state index in [0.29, 0.717) is 10.9 Å². The van der Waals surface area contributed by atoms with Crippen LogP contribution in [0.25, 0.3) is 6.08 Å². The van der Waals surface area contributed by atoms with Crippen molar-refractivity contribution in [2.75, 3.05) is 6.54 Å². The quantitative estimate of drug-likeness (QED) is 0.681. The van der Waals surface area contributed by atoms with Gasteiger partial charge in [-0.05, 0) is 38.5 Å². The van der Waals surface area contributed by atoms with Crippen LogP contribution in [0.2, 0.25) is 0 Å². The number of aromatic nitrogens is 1. The average Bonchev–Trinajstić information content (AvgIpc) is 2.85. The smallest absolute Gasteiger partial charge is 0.323 e. The first kappa shape index (κ1) is 15.8. The minimum Gasteiger partial charge on any atom is -0.480 e. The van der Waals surface area contributed by atoms with Gasteiger partial charge in [-0.2, -0.15) is 0 Å². The summed E-state index contributed by atoms with van der Waals surface area (Å²) in [6, 6.07) is 2.33. The molecule has 0 saturated carbocycles. The Balaban J connectivity index is 2.26. The van der Waals surface area contributed by atoms with Crippen LogP contribution in [0.3, 0.4) is 0 Å². The Kier molecular flexibility index (Phi) is 4.53. The van der Waals surface area contributed by atoms with E-state index in [4.69, 9.17) is 17.3 Å². The molecule has 0 unspecified atom stereocenters. The lowest BCUT2D eigenvalue weighted by Gasteiger charge is -2.10. The molecule has 2 heterocycles. The maximum absolute atomic E-state index is 12.2. The summed E-state index contributed by atoms with van der Waals surface area (Å²) >= 11 is 6.20. The molecule has 1 aromatic heterocycles. The van der Waals surface area contributed by atoms with Crippen LogP contribution >= 0.6 is 24.0 Å². The molecule has 0 bridgehead atoms. The topological polar surface area (TPSA) is 62.5 Å². The minimum absolute atomic E-state index is 0.286. The molecule has 1 aliphatic heterocycles. The second-order valence-electron chi connectivity index (χ2n) is 5.08. The van der Waals surface area contributed by atoms with E-state index < -0.39 is 12.5 Å². The molecule has 0 radical (unpaired) electrons. The lowest BCUT2D eigenvalue weighted by atomic mass is 10.3. The zero-order valence-corrected chi connectivity index (χ0v) is 13.6. The highest BCUT2D eigenvalue weighted by molar-refractivity contribution is 8.26. The van der Waals surface area contributed by atoms with E-state index in [1.807, 2.05) is 19.2 Å². The lowest BCUT2D eigenvalue weighted by molar-refractivity contribution is -0.140. The first-order valence-corrected chi connectivity index (χ1v) is 7.67. The molecular formula is C14H16N2O3S2. The van der Waals surface area contributed by atoms with Gasteiger partial charge in [0.2, 0.25) is 0 Å². The van der Waals surface area contributed by atoms with Crippen molar-refractivity contribution >= 4 is 46.3 Å². The van der Waals surface area contributed by atoms with Crippen LogP contribution in [0, 0.1) is 6.92 Å². The van der Waals surface area contributed by atoms with Crippen LogP contribution in [0.15, 0.2) is 17.2 Å². The number of hydrogen-bond donors (Lipinski definition) is 1. The van der Waals surface area contributed by atoms with Gasteiger partial charge in [0.05, 0.1) is 4.91 Å². The van der Waals surface area contributed by atoms with Gasteiger partial charge in [-0.25, -0.2) is 0 Å². The number of thioether (sulfide) groups is 1. The Hall–Kier alpha value is -1.60. The standard InChI is InChI=1S/C14H16N2O3S2/c1-8(2)15-6-10(4-9(15)3)5-11-13(19)16(7-12(17)18)14(20)21-11/h4-6,8H,7H2,1-3H3,(H,17,18)/b11-5-. The summed E-state index contributed by atoms with van der Waals surface area (Å²) < 4.78 is 2.40. The van der Waals surface area contributed by atoms with E-state index in [2.05, 4.69) is 18.4 Å². The first-order chi connectivity index (χ1) is 9.79. The third-order valence-corrected chi connectivity index (χ3v) is 4.47. The Morgan fingerprint density at radius 1 is 1.52 bits per heavy atom. The maximum atomic E-state index is 12.2. The number of aliphatic carboxylic acids is 1. The van der Waals surface area contributed by atoms with Gasteiger partial charge >= 0.3 is 5.97 Å². The molecule has 0 aromatic carbocycles. The summed E-state index contributed by atoms with van der Waals surface area (Å²) in [4.78, 5) is 24.5. The van der Waals surface area contributed by atoms with Gasteiger partial charge in [-0.1, -0.05) is 24.0 Å². The van der Waals surface area contributed by atoms with Gasteiger partial charge in [0.1, 0.15) is 10.9 Å². The number of carbonyl (C=O) groups is 2. The largest absolute Gasteiger partial charge is 0.480 e. The molecule has 0 aliphatic carbocycles. The molecule has 1 saturated heterocycles. The molecule has 7 heteroatoms. The molecule has 1 amide bonds. The Morgan fingerprint density at radius 3 is 2.71 bits per heavy atom. The monoisotopic (exact) mass is 324 g/mol. The Bertz CT molecular complexity index is 647. The fourth-order valence-corrected chi connectivity index (χ4v) is 3.43. The predicted molar refractivity (Wildman–Crippen MR) is 87.1 cm³/mol. The lowest BCUT2D eigenvalue weighted by Crippen LogP contribution is -2.33. The zero-order valence-electron chi connectivity index (χ0n) is 12.0. The zero-order chi connectivity index (χ0) is 15.7. The van der Waals surface area contributed by atoms with Gasteiger partial charge in [0, 0.05) is 17.9 Å². The number of hydrogen-bond acceptors (Lipinski definition) is 4. The second-order valence-corrected chi connectivity index (χ2v) is 6.75. The molecule has 1 aliphatic rings. The highest BCUT2D eigenvalue weighted by Gasteiger charge is 2.33. The number of carboxylic acid groups (broad SMARTS) is 1. The second kappa shape index (κ2) is 6.03. The van der Waals surface area contributed by atoms with Crippen LogP contribution in [-0.4, -0.2) is 37.3 Å². The molecule has 21 heavy (non-hydrogen) atoms. The van der Waals surface area contributed by atoms with E-state index in [1.54, 1.807) is 6.08 Å². The van der Waals surface area contributed by atoms with Crippen LogP contribution in [-0.2, 0) is 9.59 Å². The highest BCUT2D eigenvalue weighted by atomic mass is 32.2. The Labute approximate surface area is 132 Å². The molecule has 112 valence electrons. The normalized spacial score (nSPS) is 17.3. The van der Waals surface area contributed by atoms with Crippen LogP contribution in [0.1, 0.15) is 31.1 Å². The fourth-order valence-electron chi connectivity index (χ4n) is 2.17. The van der Waals surface area contributed by atoms with E-state index in [0.717, 1.165) is 27.9 Å². The summed E-state index contributed by atoms with van der Waals surface area (Å²) in [5, 5.41) is 8.80. The SMILES string of the molecule is Cc1cc(/C=C2\SC(=S)N(CC(=O)O)C2=O)cn1C(C)C. The summed E-state index contributed by atoms with van der Waals surface area (Å²) in [5.41, 5.74) is 2.02. The number of thiocarbonyl (C=S) groups is 1. The molecule has 0 atom stereocenters. The van der Waals surface area contributed by atoms with Crippen molar-refractivity contribution in [3.63, 3.8) is 0 Å². The molecule has 1 N–H and O–H groups in total. The van der Waals surface area contributed by atoms with Gasteiger partial charge in [0.25, 0.3) is 5.91 Å². The van der Waals surface area contributed by atoms with Crippen molar-refractivity contribution in [1.82, 2.24) is 9.47 Å². The van der Waals surface area contributed by atoms with Crippen molar-refractivity contribution in [3.05, 3.63) is 28.4 Å². The number of carboxylic acids is 1. The highest BCUT2D eigenvalue weighted by Crippen LogP contribution is 2.32. The van der Waals surface area contributed by atoms with E-state index in [-0.39, 0.29) is 10.2 Å². The van der Waals surface area contributed by atoms with Gasteiger partial charge in [-0.15, -0.1) is 0 Å². The molecular weight excluding hydrogens is 308 g/mol. The number of amides is 1. The maximum Gasteiger partial charge on any atom is 0.323 e. The average molecular weight is 324 g/mol. The third-order valence-electron chi connectivity index (χ3n) is 3.09. The number of rotatable bonds is 4. The molecule has 1 aromatic rings. The summed E-state index contributed by atoms with van der Waals surface area (Å²) in [7, 11) is 0. The van der Waals surface area contributed by atoms with Crippen molar-refractivity contribution in [2.45, 2.75) is 26.8 Å². The minimum atomic E-state index is -1.07. The van der Waals surface area contributed by atoms with Crippen LogP contribution in [0.5, 0.6) is 0 Å². The molecule has 5 nitrogen and oxygen atoms in total. The van der Waals surface area contributed by atoms with Crippen molar-refractivity contribution in [3.8, 4) is 0 Å².